The number of carboxylic acid groups (broad SMARTS) is 1. The predicted molar refractivity (Wildman–Crippen MR) is 132 cm³/mol. The van der Waals surface area contributed by atoms with Crippen LogP contribution in [0.3, 0.4) is 0 Å². The van der Waals surface area contributed by atoms with E-state index in [0.29, 0.717) is 12.0 Å². The van der Waals surface area contributed by atoms with Crippen LogP contribution >= 0.6 is 0 Å². The Morgan fingerprint density at radius 3 is 2.54 bits per heavy atom. The standard InChI is InChI=1S/C27H33NO11/c1-12(30)38-16-9-26(2)14(5-6-17(26)31)19-21(16)27(3)18(11-37-4)39-25(36)13(20(27)23(33)22(19)32)10-28-15(7-8-29)24(34)35/h10,14-16,18,28-29,33H,5-9,11H2,1-4H3,(H,34,35)/b13-10-/t14-,15?,16+,18+,26-,27-/m0/s1. The van der Waals surface area contributed by atoms with E-state index in [1.165, 1.54) is 14.0 Å². The second-order valence-corrected chi connectivity index (χ2v) is 10.8. The van der Waals surface area contributed by atoms with E-state index in [4.69, 9.17) is 14.2 Å². The number of hydrogen-bond donors (Lipinski definition) is 4. The maximum absolute atomic E-state index is 13.9. The van der Waals surface area contributed by atoms with Crippen molar-refractivity contribution in [2.24, 2.45) is 16.7 Å². The molecule has 39 heavy (non-hydrogen) atoms. The van der Waals surface area contributed by atoms with Gasteiger partial charge in [0.05, 0.1) is 17.6 Å². The van der Waals surface area contributed by atoms with Gasteiger partial charge in [-0.25, -0.2) is 9.59 Å². The number of rotatable bonds is 8. The van der Waals surface area contributed by atoms with Crippen LogP contribution in [0.4, 0.5) is 0 Å². The van der Waals surface area contributed by atoms with Crippen molar-refractivity contribution in [3.63, 3.8) is 0 Å². The van der Waals surface area contributed by atoms with Crippen LogP contribution in [0, 0.1) is 16.7 Å². The lowest BCUT2D eigenvalue weighted by molar-refractivity contribution is -0.160. The van der Waals surface area contributed by atoms with Gasteiger partial charge in [0.1, 0.15) is 24.0 Å². The Kier molecular flexibility index (Phi) is 7.48. The molecule has 1 saturated heterocycles. The Bertz CT molecular complexity index is 1230. The van der Waals surface area contributed by atoms with Crippen molar-refractivity contribution in [3.05, 3.63) is 34.3 Å². The number of aliphatic carboxylic acids is 1. The molecule has 0 amide bonds. The van der Waals surface area contributed by atoms with Crippen LogP contribution in [0.25, 0.3) is 0 Å². The number of Topliss-reactive ketones (excluding diaryl/α,β-unsaturated/α-hetero) is 2. The van der Waals surface area contributed by atoms with Gasteiger partial charge in [0.2, 0.25) is 5.78 Å². The van der Waals surface area contributed by atoms with Crippen LogP contribution in [0.1, 0.15) is 46.5 Å². The highest BCUT2D eigenvalue weighted by Gasteiger charge is 2.64. The Balaban J connectivity index is 1.96. The topological polar surface area (TPSA) is 186 Å². The highest BCUT2D eigenvalue weighted by molar-refractivity contribution is 6.14. The van der Waals surface area contributed by atoms with Crippen LogP contribution in [-0.2, 0) is 38.2 Å². The molecule has 4 N–H and O–H groups in total. The molecule has 1 heterocycles. The first-order valence-corrected chi connectivity index (χ1v) is 12.8. The summed E-state index contributed by atoms with van der Waals surface area (Å²) in [5.74, 6) is -5.01. The van der Waals surface area contributed by atoms with Crippen LogP contribution in [-0.4, -0.2) is 83.4 Å². The summed E-state index contributed by atoms with van der Waals surface area (Å²) in [6, 6.07) is -1.27. The molecular formula is C27H33NO11. The van der Waals surface area contributed by atoms with E-state index in [1.807, 2.05) is 0 Å². The molecule has 1 aliphatic heterocycles. The van der Waals surface area contributed by atoms with Crippen molar-refractivity contribution >= 4 is 29.5 Å². The van der Waals surface area contributed by atoms with E-state index < -0.39 is 71.1 Å². The number of cyclic esters (lactones) is 1. The number of carbonyl (C=O) groups excluding carboxylic acids is 4. The molecule has 212 valence electrons. The number of methoxy groups -OCH3 is 1. The average molecular weight is 548 g/mol. The second-order valence-electron chi connectivity index (χ2n) is 10.8. The van der Waals surface area contributed by atoms with E-state index in [-0.39, 0.29) is 48.4 Å². The van der Waals surface area contributed by atoms with Gasteiger partial charge in [0, 0.05) is 68.6 Å². The third-order valence-electron chi connectivity index (χ3n) is 8.57. The van der Waals surface area contributed by atoms with E-state index in [9.17, 15) is 39.3 Å². The van der Waals surface area contributed by atoms with E-state index in [1.54, 1.807) is 13.8 Å². The fourth-order valence-corrected chi connectivity index (χ4v) is 6.69. The molecule has 1 saturated carbocycles. The minimum atomic E-state index is -1.44. The van der Waals surface area contributed by atoms with Gasteiger partial charge in [-0.2, -0.15) is 0 Å². The van der Waals surface area contributed by atoms with Crippen molar-refractivity contribution in [3.8, 4) is 0 Å². The SMILES string of the molecule is COC[C@H]1OC(=O)/C(=C\NC(CCO)C(=O)O)C2=C(O)C(=O)C3=C([C@H](OC(C)=O)C[C@]4(C)C(=O)CC[C@@H]34)[C@]21C. The summed E-state index contributed by atoms with van der Waals surface area (Å²) in [7, 11) is 1.39. The largest absolute Gasteiger partial charge is 0.504 e. The number of carboxylic acids is 1. The van der Waals surface area contributed by atoms with Gasteiger partial charge in [0.25, 0.3) is 0 Å². The summed E-state index contributed by atoms with van der Waals surface area (Å²) in [6.07, 6.45) is -0.534. The number of ether oxygens (including phenoxy) is 3. The van der Waals surface area contributed by atoms with Gasteiger partial charge >= 0.3 is 17.9 Å². The number of aliphatic hydroxyl groups excluding tert-OH is 2. The molecule has 0 radical (unpaired) electrons. The molecule has 0 aromatic heterocycles. The van der Waals surface area contributed by atoms with E-state index >= 15 is 0 Å². The molecular weight excluding hydrogens is 514 g/mol. The molecule has 0 bridgehead atoms. The predicted octanol–water partition coefficient (Wildman–Crippen LogP) is 0.886. The average Bonchev–Trinajstić information content (AvgIpc) is 3.15. The van der Waals surface area contributed by atoms with Gasteiger partial charge in [-0.05, 0) is 18.9 Å². The molecule has 12 heteroatoms. The number of aliphatic hydroxyl groups is 2. The number of ketones is 2. The summed E-state index contributed by atoms with van der Waals surface area (Å²) in [4.78, 5) is 63.9. The Hall–Kier alpha value is -3.51. The van der Waals surface area contributed by atoms with Crippen LogP contribution < -0.4 is 5.32 Å². The summed E-state index contributed by atoms with van der Waals surface area (Å²) >= 11 is 0. The monoisotopic (exact) mass is 547 g/mol. The van der Waals surface area contributed by atoms with Crippen molar-refractivity contribution in [1.29, 1.82) is 0 Å². The van der Waals surface area contributed by atoms with Crippen molar-refractivity contribution < 1.29 is 53.5 Å². The number of allylic oxidation sites excluding steroid dienone is 1. The van der Waals surface area contributed by atoms with Crippen molar-refractivity contribution in [1.82, 2.24) is 5.32 Å². The third kappa shape index (κ3) is 4.35. The summed E-state index contributed by atoms with van der Waals surface area (Å²) in [5, 5.41) is 32.6. The molecule has 0 spiro atoms. The number of fused-ring (bicyclic) bond motifs is 4. The quantitative estimate of drug-likeness (QED) is 0.249. The fraction of sp³-hybridized carbons (Fsp3) is 0.593. The summed E-state index contributed by atoms with van der Waals surface area (Å²) < 4.78 is 16.8. The number of carbonyl (C=O) groups is 5. The normalized spacial score (nSPS) is 33.8. The lowest BCUT2D eigenvalue weighted by Crippen LogP contribution is -2.57. The number of nitrogens with one attached hydrogen (secondary N) is 1. The molecule has 4 rings (SSSR count). The first-order valence-electron chi connectivity index (χ1n) is 12.8. The molecule has 6 atom stereocenters. The Labute approximate surface area is 224 Å². The molecule has 12 nitrogen and oxygen atoms in total. The highest BCUT2D eigenvalue weighted by atomic mass is 16.6. The Morgan fingerprint density at radius 2 is 1.95 bits per heavy atom. The van der Waals surface area contributed by atoms with Gasteiger partial charge in [-0.1, -0.05) is 6.92 Å². The molecule has 4 aliphatic rings. The lowest BCUT2D eigenvalue weighted by Gasteiger charge is -2.53. The van der Waals surface area contributed by atoms with Crippen LogP contribution in [0.15, 0.2) is 34.3 Å². The van der Waals surface area contributed by atoms with Gasteiger partial charge in [-0.15, -0.1) is 0 Å². The summed E-state index contributed by atoms with van der Waals surface area (Å²) in [6.45, 7) is 4.00. The van der Waals surface area contributed by atoms with Crippen LogP contribution in [0.2, 0.25) is 0 Å². The van der Waals surface area contributed by atoms with Gasteiger partial charge in [-0.3, -0.25) is 14.4 Å². The maximum Gasteiger partial charge on any atom is 0.340 e. The zero-order valence-electron chi connectivity index (χ0n) is 22.2. The van der Waals surface area contributed by atoms with Crippen LogP contribution in [0.5, 0.6) is 0 Å². The second kappa shape index (κ2) is 10.2. The van der Waals surface area contributed by atoms with Gasteiger partial charge < -0.3 is 34.8 Å². The molecule has 0 aromatic carbocycles. The zero-order chi connectivity index (χ0) is 28.9. The summed E-state index contributed by atoms with van der Waals surface area (Å²) in [5.41, 5.74) is -2.34. The number of esters is 2. The highest BCUT2D eigenvalue weighted by Crippen LogP contribution is 2.62. The van der Waals surface area contributed by atoms with E-state index in [0.717, 1.165) is 6.20 Å². The van der Waals surface area contributed by atoms with Crippen molar-refractivity contribution in [2.45, 2.75) is 64.7 Å². The zero-order valence-corrected chi connectivity index (χ0v) is 22.2. The van der Waals surface area contributed by atoms with E-state index in [2.05, 4.69) is 5.32 Å². The lowest BCUT2D eigenvalue weighted by atomic mass is 9.53. The Morgan fingerprint density at radius 1 is 1.26 bits per heavy atom. The smallest absolute Gasteiger partial charge is 0.340 e. The van der Waals surface area contributed by atoms with Crippen molar-refractivity contribution in [2.75, 3.05) is 20.3 Å². The third-order valence-corrected chi connectivity index (χ3v) is 8.57. The molecule has 2 fully saturated rings. The first-order chi connectivity index (χ1) is 18.3. The minimum absolute atomic E-state index is 0.0692. The molecule has 3 aliphatic carbocycles. The fourth-order valence-electron chi connectivity index (χ4n) is 6.69. The number of hydrogen-bond acceptors (Lipinski definition) is 11. The minimum Gasteiger partial charge on any atom is -0.504 e. The van der Waals surface area contributed by atoms with Gasteiger partial charge in [0.15, 0.2) is 5.76 Å². The maximum atomic E-state index is 13.9. The molecule has 0 aromatic rings. The first kappa shape index (κ1) is 28.5. The molecule has 1 unspecified atom stereocenters.